The molecule has 0 atom stereocenters. The van der Waals surface area contributed by atoms with Crippen LogP contribution >= 0.6 is 0 Å². The van der Waals surface area contributed by atoms with E-state index in [2.05, 4.69) is 42.8 Å². The lowest BCUT2D eigenvalue weighted by Gasteiger charge is -2.23. The molecule has 0 aliphatic rings. The highest BCUT2D eigenvalue weighted by Crippen LogP contribution is 2.16. The van der Waals surface area contributed by atoms with Crippen LogP contribution in [0.1, 0.15) is 310 Å². The fourth-order valence-corrected chi connectivity index (χ4v) is 9.02. The quantitative estimate of drug-likeness (QED) is 0.0620. The van der Waals surface area contributed by atoms with Gasteiger partial charge in [0, 0.05) is 39.0 Å². The van der Waals surface area contributed by atoms with Gasteiger partial charge < -0.3 is 15.1 Å². The fourth-order valence-electron chi connectivity index (χ4n) is 9.02. The number of carbonyl (C=O) groups excluding carboxylic acids is 2. The Bertz CT molecular complexity index is 845. The minimum atomic E-state index is 0.424. The third-order valence-corrected chi connectivity index (χ3v) is 13.3. The standard InChI is InChI=1S/C56H113N3O2/c1-5-9-13-17-21-26-35-43-51-58(52-44-36-27-22-18-14-10-6-2)56(61)48-40-32-30-34-42-50-57-49-41-33-25-29-38-46-54-59(53-45-37-28-23-19-15-11-7-3)55(60)47-39-31-24-20-16-12-8-4/h57H,5-54H2,1-4H3. The molecule has 0 saturated heterocycles. The first-order valence-electron chi connectivity index (χ1n) is 28.4. The molecular formula is C56H113N3O2. The van der Waals surface area contributed by atoms with Crippen molar-refractivity contribution in [3.8, 4) is 0 Å². The zero-order valence-electron chi connectivity index (χ0n) is 42.6. The predicted octanol–water partition coefficient (Wildman–Crippen LogP) is 17.5. The summed E-state index contributed by atoms with van der Waals surface area (Å²) in [6.07, 6.45) is 56.0. The van der Waals surface area contributed by atoms with Crippen molar-refractivity contribution in [1.82, 2.24) is 15.1 Å². The molecule has 5 heteroatoms. The van der Waals surface area contributed by atoms with Crippen molar-refractivity contribution in [3.05, 3.63) is 0 Å². The van der Waals surface area contributed by atoms with E-state index >= 15 is 0 Å². The van der Waals surface area contributed by atoms with E-state index in [1.54, 1.807) is 0 Å². The average Bonchev–Trinajstić information content (AvgIpc) is 3.26. The van der Waals surface area contributed by atoms with Gasteiger partial charge in [0.2, 0.25) is 11.8 Å². The Hall–Kier alpha value is -1.10. The summed E-state index contributed by atoms with van der Waals surface area (Å²) in [5, 5.41) is 3.69. The third-order valence-electron chi connectivity index (χ3n) is 13.3. The average molecular weight is 861 g/mol. The second-order valence-electron chi connectivity index (χ2n) is 19.4. The fraction of sp³-hybridized carbons (Fsp3) is 0.964. The molecule has 0 heterocycles. The molecule has 0 bridgehead atoms. The van der Waals surface area contributed by atoms with Crippen LogP contribution in [-0.2, 0) is 9.59 Å². The largest absolute Gasteiger partial charge is 0.343 e. The highest BCUT2D eigenvalue weighted by molar-refractivity contribution is 5.76. The van der Waals surface area contributed by atoms with Gasteiger partial charge in [-0.2, -0.15) is 0 Å². The van der Waals surface area contributed by atoms with Gasteiger partial charge in [0.05, 0.1) is 0 Å². The van der Waals surface area contributed by atoms with Crippen LogP contribution < -0.4 is 5.32 Å². The van der Waals surface area contributed by atoms with E-state index in [1.165, 1.54) is 257 Å². The zero-order valence-corrected chi connectivity index (χ0v) is 42.6. The van der Waals surface area contributed by atoms with Crippen LogP contribution in [0.5, 0.6) is 0 Å². The van der Waals surface area contributed by atoms with E-state index < -0.39 is 0 Å². The summed E-state index contributed by atoms with van der Waals surface area (Å²) >= 11 is 0. The van der Waals surface area contributed by atoms with Gasteiger partial charge in [0.25, 0.3) is 0 Å². The third kappa shape index (κ3) is 45.3. The van der Waals surface area contributed by atoms with E-state index in [0.29, 0.717) is 11.8 Å². The van der Waals surface area contributed by atoms with Crippen LogP contribution in [0.15, 0.2) is 0 Å². The summed E-state index contributed by atoms with van der Waals surface area (Å²) < 4.78 is 0. The lowest BCUT2D eigenvalue weighted by Crippen LogP contribution is -2.32. The van der Waals surface area contributed by atoms with Gasteiger partial charge in [0.15, 0.2) is 0 Å². The number of amides is 2. The Morgan fingerprint density at radius 3 is 0.705 bits per heavy atom. The van der Waals surface area contributed by atoms with Crippen molar-refractivity contribution in [1.29, 1.82) is 0 Å². The molecule has 0 aromatic rings. The first-order chi connectivity index (χ1) is 30.1. The summed E-state index contributed by atoms with van der Waals surface area (Å²) in [5.41, 5.74) is 0. The van der Waals surface area contributed by atoms with Crippen LogP contribution in [0, 0.1) is 0 Å². The first-order valence-corrected chi connectivity index (χ1v) is 28.4. The summed E-state index contributed by atoms with van der Waals surface area (Å²) in [4.78, 5) is 30.9. The van der Waals surface area contributed by atoms with E-state index in [-0.39, 0.29) is 0 Å². The molecule has 61 heavy (non-hydrogen) atoms. The number of hydrogen-bond acceptors (Lipinski definition) is 3. The van der Waals surface area contributed by atoms with Crippen molar-refractivity contribution in [2.45, 2.75) is 310 Å². The summed E-state index contributed by atoms with van der Waals surface area (Å²) in [6, 6.07) is 0. The molecule has 0 spiro atoms. The maximum atomic E-state index is 13.3. The van der Waals surface area contributed by atoms with E-state index in [0.717, 1.165) is 65.0 Å². The first kappa shape index (κ1) is 59.9. The van der Waals surface area contributed by atoms with Crippen LogP contribution in [0.2, 0.25) is 0 Å². The SMILES string of the molecule is CCCCCCCCCCN(CCCCCCCCNCCCCCCCC(=O)N(CCCCCCCCCC)CCCCCCCCCC)C(=O)CCCCCCCCC. The van der Waals surface area contributed by atoms with E-state index in [1.807, 2.05) is 0 Å². The minimum Gasteiger partial charge on any atom is -0.343 e. The molecule has 0 aromatic carbocycles. The Labute approximate surface area is 384 Å². The van der Waals surface area contributed by atoms with Gasteiger partial charge >= 0.3 is 0 Å². The number of hydrogen-bond donors (Lipinski definition) is 1. The lowest BCUT2D eigenvalue weighted by atomic mass is 10.1. The highest BCUT2D eigenvalue weighted by Gasteiger charge is 2.14. The van der Waals surface area contributed by atoms with Gasteiger partial charge in [-0.05, 0) is 64.5 Å². The van der Waals surface area contributed by atoms with Crippen LogP contribution in [0.3, 0.4) is 0 Å². The molecule has 0 unspecified atom stereocenters. The van der Waals surface area contributed by atoms with Crippen LogP contribution in [-0.4, -0.2) is 60.9 Å². The second kappa shape index (κ2) is 51.5. The van der Waals surface area contributed by atoms with E-state index in [9.17, 15) is 9.59 Å². The van der Waals surface area contributed by atoms with Crippen molar-refractivity contribution in [2.75, 3.05) is 39.3 Å². The summed E-state index contributed by atoms with van der Waals surface area (Å²) in [6.45, 7) is 15.3. The highest BCUT2D eigenvalue weighted by atomic mass is 16.2. The zero-order chi connectivity index (χ0) is 44.4. The Balaban J connectivity index is 4.10. The monoisotopic (exact) mass is 860 g/mol. The molecule has 0 saturated carbocycles. The Morgan fingerprint density at radius 1 is 0.262 bits per heavy atom. The number of nitrogens with zero attached hydrogens (tertiary/aromatic N) is 2. The smallest absolute Gasteiger partial charge is 0.222 e. The lowest BCUT2D eigenvalue weighted by molar-refractivity contribution is -0.132. The van der Waals surface area contributed by atoms with Crippen molar-refractivity contribution >= 4 is 11.8 Å². The molecule has 0 aliphatic carbocycles. The second-order valence-corrected chi connectivity index (χ2v) is 19.4. The maximum Gasteiger partial charge on any atom is 0.222 e. The van der Waals surface area contributed by atoms with E-state index in [4.69, 9.17) is 0 Å². The normalized spacial score (nSPS) is 11.5. The van der Waals surface area contributed by atoms with Gasteiger partial charge in [0.1, 0.15) is 0 Å². The van der Waals surface area contributed by atoms with Gasteiger partial charge in [-0.15, -0.1) is 0 Å². The molecule has 0 aromatic heterocycles. The van der Waals surface area contributed by atoms with Crippen LogP contribution in [0.25, 0.3) is 0 Å². The molecule has 1 N–H and O–H groups in total. The molecular weight excluding hydrogens is 747 g/mol. The Morgan fingerprint density at radius 2 is 0.459 bits per heavy atom. The Kier molecular flexibility index (Phi) is 50.6. The molecule has 0 aliphatic heterocycles. The molecule has 0 radical (unpaired) electrons. The van der Waals surface area contributed by atoms with Gasteiger partial charge in [-0.3, -0.25) is 9.59 Å². The number of carbonyl (C=O) groups is 2. The van der Waals surface area contributed by atoms with Gasteiger partial charge in [-0.1, -0.05) is 246 Å². The van der Waals surface area contributed by atoms with Gasteiger partial charge in [-0.25, -0.2) is 0 Å². The van der Waals surface area contributed by atoms with Crippen molar-refractivity contribution < 1.29 is 9.59 Å². The topological polar surface area (TPSA) is 52.7 Å². The number of unbranched alkanes of at least 4 members (excludes halogenated alkanes) is 36. The van der Waals surface area contributed by atoms with Crippen molar-refractivity contribution in [3.63, 3.8) is 0 Å². The number of rotatable bonds is 52. The maximum absolute atomic E-state index is 13.3. The molecule has 364 valence electrons. The van der Waals surface area contributed by atoms with Crippen LogP contribution in [0.4, 0.5) is 0 Å². The molecule has 5 nitrogen and oxygen atoms in total. The minimum absolute atomic E-state index is 0.424. The summed E-state index contributed by atoms with van der Waals surface area (Å²) in [7, 11) is 0. The van der Waals surface area contributed by atoms with Crippen molar-refractivity contribution in [2.24, 2.45) is 0 Å². The molecule has 0 rings (SSSR count). The molecule has 2 amide bonds. The summed E-state index contributed by atoms with van der Waals surface area (Å²) in [5.74, 6) is 0.848. The number of nitrogens with one attached hydrogen (secondary N) is 1. The molecule has 0 fully saturated rings. The predicted molar refractivity (Wildman–Crippen MR) is 272 cm³/mol.